The van der Waals surface area contributed by atoms with Gasteiger partial charge in [0, 0.05) is 19.0 Å². The van der Waals surface area contributed by atoms with Crippen molar-refractivity contribution in [3.63, 3.8) is 0 Å². The molecule has 1 atom stereocenters. The van der Waals surface area contributed by atoms with Gasteiger partial charge in [-0.3, -0.25) is 9.59 Å². The highest BCUT2D eigenvalue weighted by atomic mass is 16.5. The Morgan fingerprint density at radius 3 is 2.59 bits per heavy atom. The molecule has 0 saturated carbocycles. The van der Waals surface area contributed by atoms with E-state index in [0.717, 1.165) is 11.3 Å². The fourth-order valence-corrected chi connectivity index (χ4v) is 2.75. The number of piperazine rings is 1. The second-order valence-electron chi connectivity index (χ2n) is 6.03. The number of nitrogens with zero attached hydrogens (tertiary/aromatic N) is 2. The molecule has 0 radical (unpaired) electrons. The maximum atomic E-state index is 12.7. The van der Waals surface area contributed by atoms with E-state index in [1.54, 1.807) is 23.8 Å². The van der Waals surface area contributed by atoms with Gasteiger partial charge in [0.05, 0.1) is 12.8 Å². The number of amides is 2. The lowest BCUT2D eigenvalue weighted by Gasteiger charge is -2.40. The van der Waals surface area contributed by atoms with Gasteiger partial charge in [0.1, 0.15) is 11.8 Å². The summed E-state index contributed by atoms with van der Waals surface area (Å²) in [5.41, 5.74) is 1.84. The summed E-state index contributed by atoms with van der Waals surface area (Å²) in [7, 11) is 1.60. The predicted octanol–water partition coefficient (Wildman–Crippen LogP) is 2.22. The molecule has 2 rings (SSSR count). The first-order valence-corrected chi connectivity index (χ1v) is 7.63. The molecule has 5 heteroatoms. The van der Waals surface area contributed by atoms with Crippen molar-refractivity contribution in [1.82, 2.24) is 4.90 Å². The summed E-state index contributed by atoms with van der Waals surface area (Å²) in [5, 5.41) is 0. The Bertz CT molecular complexity index is 583. The minimum absolute atomic E-state index is 0.0247. The standard InChI is InChI=1S/C17H24N2O3/c1-11(2)16(20)18-8-9-19(17(21)13(18)4)14-10-12(3)6-7-15(14)22-5/h6-7,10-11,13H,8-9H2,1-5H3. The first kappa shape index (κ1) is 16.3. The molecule has 22 heavy (non-hydrogen) atoms. The molecule has 1 fully saturated rings. The van der Waals surface area contributed by atoms with E-state index in [-0.39, 0.29) is 17.7 Å². The Morgan fingerprint density at radius 1 is 1.32 bits per heavy atom. The van der Waals surface area contributed by atoms with Gasteiger partial charge in [-0.2, -0.15) is 0 Å². The van der Waals surface area contributed by atoms with Gasteiger partial charge in [-0.1, -0.05) is 19.9 Å². The first-order chi connectivity index (χ1) is 10.4. The molecular formula is C17H24N2O3. The largest absolute Gasteiger partial charge is 0.495 e. The van der Waals surface area contributed by atoms with Crippen molar-refractivity contribution >= 4 is 17.5 Å². The van der Waals surface area contributed by atoms with Crippen LogP contribution >= 0.6 is 0 Å². The molecule has 1 heterocycles. The van der Waals surface area contributed by atoms with Crippen LogP contribution in [0.3, 0.4) is 0 Å². The fourth-order valence-electron chi connectivity index (χ4n) is 2.75. The molecule has 0 N–H and O–H groups in total. The highest BCUT2D eigenvalue weighted by molar-refractivity contribution is 6.01. The second-order valence-corrected chi connectivity index (χ2v) is 6.03. The van der Waals surface area contributed by atoms with E-state index in [1.807, 2.05) is 39.0 Å². The van der Waals surface area contributed by atoms with Gasteiger partial charge >= 0.3 is 0 Å². The van der Waals surface area contributed by atoms with Gasteiger partial charge in [-0.25, -0.2) is 0 Å². The smallest absolute Gasteiger partial charge is 0.249 e. The van der Waals surface area contributed by atoms with Gasteiger partial charge in [0.25, 0.3) is 0 Å². The number of aryl methyl sites for hydroxylation is 1. The number of anilines is 1. The summed E-state index contributed by atoms with van der Waals surface area (Å²) in [5.74, 6) is 0.533. The molecule has 5 nitrogen and oxygen atoms in total. The van der Waals surface area contributed by atoms with E-state index in [1.165, 1.54) is 0 Å². The lowest BCUT2D eigenvalue weighted by Crippen LogP contribution is -2.58. The molecule has 0 aliphatic carbocycles. The van der Waals surface area contributed by atoms with Gasteiger partial charge < -0.3 is 14.5 Å². The van der Waals surface area contributed by atoms with E-state index in [4.69, 9.17) is 4.74 Å². The van der Waals surface area contributed by atoms with Gasteiger partial charge in [-0.05, 0) is 31.5 Å². The van der Waals surface area contributed by atoms with Crippen LogP contribution in [0.1, 0.15) is 26.3 Å². The molecule has 0 bridgehead atoms. The lowest BCUT2D eigenvalue weighted by atomic mass is 10.1. The predicted molar refractivity (Wildman–Crippen MR) is 86.1 cm³/mol. The monoisotopic (exact) mass is 304 g/mol. The van der Waals surface area contributed by atoms with Crippen LogP contribution in [0.25, 0.3) is 0 Å². The van der Waals surface area contributed by atoms with Crippen LogP contribution in [0.4, 0.5) is 5.69 Å². The van der Waals surface area contributed by atoms with Crippen molar-refractivity contribution in [2.45, 2.75) is 33.7 Å². The Balaban J connectivity index is 2.28. The molecule has 0 aromatic heterocycles. The number of benzene rings is 1. The van der Waals surface area contributed by atoms with Crippen LogP contribution in [0.15, 0.2) is 18.2 Å². The molecule has 1 aromatic carbocycles. The third kappa shape index (κ3) is 2.93. The second kappa shape index (κ2) is 6.38. The topological polar surface area (TPSA) is 49.9 Å². The molecule has 1 aliphatic rings. The molecule has 0 spiro atoms. The first-order valence-electron chi connectivity index (χ1n) is 7.63. The van der Waals surface area contributed by atoms with Crippen LogP contribution in [0.2, 0.25) is 0 Å². The van der Waals surface area contributed by atoms with Crippen molar-refractivity contribution in [1.29, 1.82) is 0 Å². The molecule has 1 unspecified atom stereocenters. The highest BCUT2D eigenvalue weighted by Gasteiger charge is 2.36. The maximum Gasteiger partial charge on any atom is 0.249 e. The Morgan fingerprint density at radius 2 is 2.00 bits per heavy atom. The Hall–Kier alpha value is -2.04. The quantitative estimate of drug-likeness (QED) is 0.860. The molecule has 1 saturated heterocycles. The van der Waals surface area contributed by atoms with Crippen molar-refractivity contribution in [2.24, 2.45) is 5.92 Å². The van der Waals surface area contributed by atoms with Gasteiger partial charge in [-0.15, -0.1) is 0 Å². The van der Waals surface area contributed by atoms with Crippen LogP contribution in [0.5, 0.6) is 5.75 Å². The number of carbonyl (C=O) groups excluding carboxylic acids is 2. The average Bonchev–Trinajstić information content (AvgIpc) is 2.49. The van der Waals surface area contributed by atoms with E-state index < -0.39 is 6.04 Å². The number of rotatable bonds is 3. The number of methoxy groups -OCH3 is 1. The zero-order valence-electron chi connectivity index (χ0n) is 13.9. The normalized spacial score (nSPS) is 18.8. The Labute approximate surface area is 131 Å². The summed E-state index contributed by atoms with van der Waals surface area (Å²) >= 11 is 0. The van der Waals surface area contributed by atoms with Crippen LogP contribution in [0, 0.1) is 12.8 Å². The van der Waals surface area contributed by atoms with Crippen LogP contribution in [-0.4, -0.2) is 43.0 Å². The third-order valence-electron chi connectivity index (χ3n) is 4.06. The van der Waals surface area contributed by atoms with Gasteiger partial charge in [0.15, 0.2) is 0 Å². The molecule has 2 amide bonds. The number of carbonyl (C=O) groups is 2. The third-order valence-corrected chi connectivity index (χ3v) is 4.06. The van der Waals surface area contributed by atoms with Crippen molar-refractivity contribution in [2.75, 3.05) is 25.1 Å². The van der Waals surface area contributed by atoms with E-state index >= 15 is 0 Å². The molecule has 120 valence electrons. The molecular weight excluding hydrogens is 280 g/mol. The van der Waals surface area contributed by atoms with Crippen molar-refractivity contribution in [3.05, 3.63) is 23.8 Å². The highest BCUT2D eigenvalue weighted by Crippen LogP contribution is 2.31. The molecule has 1 aromatic rings. The molecule has 1 aliphatic heterocycles. The summed E-state index contributed by atoms with van der Waals surface area (Å²) in [6, 6.07) is 5.32. The maximum absolute atomic E-state index is 12.7. The zero-order chi connectivity index (χ0) is 16.4. The van der Waals surface area contributed by atoms with Crippen LogP contribution < -0.4 is 9.64 Å². The zero-order valence-corrected chi connectivity index (χ0v) is 13.9. The summed E-state index contributed by atoms with van der Waals surface area (Å²) in [4.78, 5) is 28.3. The van der Waals surface area contributed by atoms with Crippen molar-refractivity contribution < 1.29 is 14.3 Å². The number of hydrogen-bond donors (Lipinski definition) is 0. The summed E-state index contributed by atoms with van der Waals surface area (Å²) in [6.07, 6.45) is 0. The summed E-state index contributed by atoms with van der Waals surface area (Å²) in [6.45, 7) is 8.51. The van der Waals surface area contributed by atoms with Gasteiger partial charge in [0.2, 0.25) is 11.8 Å². The van der Waals surface area contributed by atoms with E-state index in [9.17, 15) is 9.59 Å². The minimum Gasteiger partial charge on any atom is -0.495 e. The minimum atomic E-state index is -0.450. The fraction of sp³-hybridized carbons (Fsp3) is 0.529. The van der Waals surface area contributed by atoms with Crippen LogP contribution in [-0.2, 0) is 9.59 Å². The number of ether oxygens (including phenoxy) is 1. The summed E-state index contributed by atoms with van der Waals surface area (Å²) < 4.78 is 5.38. The van der Waals surface area contributed by atoms with E-state index in [2.05, 4.69) is 0 Å². The van der Waals surface area contributed by atoms with E-state index in [0.29, 0.717) is 18.8 Å². The SMILES string of the molecule is COc1ccc(C)cc1N1CCN(C(=O)C(C)C)C(C)C1=O. The number of hydrogen-bond acceptors (Lipinski definition) is 3. The lowest BCUT2D eigenvalue weighted by molar-refractivity contribution is -0.143. The average molecular weight is 304 g/mol. The van der Waals surface area contributed by atoms with Crippen molar-refractivity contribution in [3.8, 4) is 5.75 Å². The Kier molecular flexibility index (Phi) is 4.74.